The van der Waals surface area contributed by atoms with E-state index in [1.54, 1.807) is 0 Å². The zero-order chi connectivity index (χ0) is 5.11. The molecule has 0 N–H and O–H groups in total. The van der Waals surface area contributed by atoms with Crippen LogP contribution in [0.1, 0.15) is 0 Å². The third-order valence-corrected chi connectivity index (χ3v) is 0.847. The Kier molecular flexibility index (Phi) is 1.45. The maximum absolute atomic E-state index is 3.69. The van der Waals surface area contributed by atoms with Gasteiger partial charge in [-0.15, -0.1) is 0 Å². The molecule has 0 spiro atoms. The molecule has 0 amide bonds. The average Bonchev–Trinajstić information content (AvgIpc) is 1.69. The molecule has 0 saturated heterocycles. The van der Waals surface area contributed by atoms with Crippen molar-refractivity contribution in [2.75, 3.05) is 0 Å². The van der Waals surface area contributed by atoms with Crippen molar-refractivity contribution >= 4 is 4.30 Å². The fourth-order valence-corrected chi connectivity index (χ4v) is 0.397. The summed E-state index contributed by atoms with van der Waals surface area (Å²) in [6, 6.07) is 0. The molecule has 1 heterocycles. The first-order valence-corrected chi connectivity index (χ1v) is 2.42. The number of hydrogen-bond donors (Lipinski definition) is 0. The monoisotopic (exact) mass is 186 g/mol. The van der Waals surface area contributed by atoms with E-state index >= 15 is 0 Å². The minimum atomic E-state index is 0.609. The van der Waals surface area contributed by atoms with Crippen LogP contribution in [0.4, 0.5) is 0 Å². The molecule has 0 saturated carbocycles. The molecule has 0 unspecified atom stereocenters. The van der Waals surface area contributed by atoms with Crippen molar-refractivity contribution in [3.63, 3.8) is 0 Å². The summed E-state index contributed by atoms with van der Waals surface area (Å²) in [6.45, 7) is 0. The molecular weight excluding hydrogens is 184 g/mol. The predicted molar refractivity (Wildman–Crippen MR) is 19.5 cm³/mol. The van der Waals surface area contributed by atoms with Gasteiger partial charge in [0.1, 0.15) is 0 Å². The van der Waals surface area contributed by atoms with Gasteiger partial charge in [0.05, 0.1) is 0 Å². The van der Waals surface area contributed by atoms with E-state index in [9.17, 15) is 0 Å². The molecule has 0 bridgehead atoms. The Balaban J connectivity index is 3.02. The van der Waals surface area contributed by atoms with Crippen LogP contribution >= 0.6 is 0 Å². The van der Waals surface area contributed by atoms with Crippen molar-refractivity contribution < 1.29 is 19.2 Å². The van der Waals surface area contributed by atoms with Gasteiger partial charge in [-0.25, -0.2) is 0 Å². The normalized spacial score (nSPS) is 8.86. The van der Waals surface area contributed by atoms with Gasteiger partial charge in [-0.1, -0.05) is 0 Å². The first-order valence-electron chi connectivity index (χ1n) is 1.64. The summed E-state index contributed by atoms with van der Waals surface area (Å²) in [7, 11) is 0. The third-order valence-electron chi connectivity index (χ3n) is 0.446. The molecule has 4 heteroatoms. The van der Waals surface area contributed by atoms with Crippen LogP contribution in [-0.2, 0) is 19.2 Å². The molecule has 0 radical (unpaired) electrons. The number of nitrogens with zero attached hydrogens (tertiary/aromatic N) is 3. The quantitative estimate of drug-likeness (QED) is 0.490. The van der Waals surface area contributed by atoms with Crippen LogP contribution in [0.5, 0.6) is 0 Å². The Morgan fingerprint density at radius 2 is 1.86 bits per heavy atom. The van der Waals surface area contributed by atoms with E-state index in [0.29, 0.717) is 4.30 Å². The number of hydrogen-bond acceptors (Lipinski definition) is 3. The Labute approximate surface area is 51.6 Å². The van der Waals surface area contributed by atoms with Crippen molar-refractivity contribution in [2.24, 2.45) is 0 Å². The SMILES string of the molecule is [Pd][c]1ncncn1. The van der Waals surface area contributed by atoms with E-state index in [2.05, 4.69) is 34.2 Å². The van der Waals surface area contributed by atoms with Crippen molar-refractivity contribution in [2.45, 2.75) is 0 Å². The van der Waals surface area contributed by atoms with E-state index in [0.717, 1.165) is 0 Å². The Hall–Kier alpha value is -0.328. The zero-order valence-corrected chi connectivity index (χ0v) is 4.87. The molecule has 0 atom stereocenters. The fourth-order valence-electron chi connectivity index (χ4n) is 0.218. The van der Waals surface area contributed by atoms with Gasteiger partial charge in [-0.3, -0.25) is 0 Å². The van der Waals surface area contributed by atoms with Crippen LogP contribution in [0.2, 0.25) is 0 Å². The predicted octanol–water partition coefficient (Wildman–Crippen LogP) is -0.956. The second-order valence-corrected chi connectivity index (χ2v) is 1.57. The minimum absolute atomic E-state index is 0.609. The average molecular weight is 186 g/mol. The summed E-state index contributed by atoms with van der Waals surface area (Å²) in [4.78, 5) is 11.0. The molecule has 0 aliphatic rings. The first-order chi connectivity index (χ1) is 3.39. The molecule has 0 aromatic carbocycles. The second-order valence-electron chi connectivity index (χ2n) is 0.880. The van der Waals surface area contributed by atoms with E-state index < -0.39 is 0 Å². The number of aromatic nitrogens is 3. The Morgan fingerprint density at radius 1 is 1.29 bits per heavy atom. The molecule has 0 fully saturated rings. The van der Waals surface area contributed by atoms with Crippen molar-refractivity contribution in [1.82, 2.24) is 15.0 Å². The van der Waals surface area contributed by atoms with Gasteiger partial charge in [0.15, 0.2) is 0 Å². The summed E-state index contributed by atoms with van der Waals surface area (Å²) < 4.78 is 0.609. The van der Waals surface area contributed by atoms with Gasteiger partial charge in [0.25, 0.3) is 0 Å². The first kappa shape index (κ1) is 4.82. The molecular formula is C3H2N3Pd. The molecule has 39 valence electrons. The number of rotatable bonds is 0. The van der Waals surface area contributed by atoms with Gasteiger partial charge in [-0.05, 0) is 0 Å². The van der Waals surface area contributed by atoms with Gasteiger partial charge in [0.2, 0.25) is 0 Å². The molecule has 1 aromatic heterocycles. The van der Waals surface area contributed by atoms with Crippen molar-refractivity contribution in [3.05, 3.63) is 12.7 Å². The van der Waals surface area contributed by atoms with Crippen molar-refractivity contribution in [3.8, 4) is 0 Å². The fraction of sp³-hybridized carbons (Fsp3) is 0. The topological polar surface area (TPSA) is 38.7 Å². The molecule has 3 nitrogen and oxygen atoms in total. The van der Waals surface area contributed by atoms with Crippen molar-refractivity contribution in [1.29, 1.82) is 0 Å². The summed E-state index contributed by atoms with van der Waals surface area (Å²) in [5.74, 6) is 0. The van der Waals surface area contributed by atoms with Crippen LogP contribution < -0.4 is 4.30 Å². The van der Waals surface area contributed by atoms with Gasteiger partial charge >= 0.3 is 51.1 Å². The van der Waals surface area contributed by atoms with E-state index in [-0.39, 0.29) is 0 Å². The summed E-state index contributed by atoms with van der Waals surface area (Å²) in [5, 5.41) is 0. The Bertz CT molecular complexity index is 140. The molecule has 0 aliphatic heterocycles. The molecule has 1 aromatic rings. The summed E-state index contributed by atoms with van der Waals surface area (Å²) in [5.41, 5.74) is 0. The Morgan fingerprint density at radius 3 is 2.14 bits per heavy atom. The van der Waals surface area contributed by atoms with E-state index in [4.69, 9.17) is 0 Å². The standard InChI is InChI=1S/C3H2N3.Pd/c1-4-2-6-3-5-1;/h1-2H;. The van der Waals surface area contributed by atoms with Crippen LogP contribution in [0.15, 0.2) is 12.7 Å². The summed E-state index contributed by atoms with van der Waals surface area (Å²) in [6.07, 6.45) is 2.87. The van der Waals surface area contributed by atoms with Crippen LogP contribution in [-0.4, -0.2) is 15.0 Å². The zero-order valence-electron chi connectivity index (χ0n) is 3.31. The molecule has 0 aliphatic carbocycles. The molecule has 1 rings (SSSR count). The van der Waals surface area contributed by atoms with Gasteiger partial charge < -0.3 is 0 Å². The van der Waals surface area contributed by atoms with E-state index in [1.807, 2.05) is 0 Å². The van der Waals surface area contributed by atoms with Gasteiger partial charge in [-0.2, -0.15) is 0 Å². The maximum atomic E-state index is 3.69. The van der Waals surface area contributed by atoms with Crippen LogP contribution in [0.3, 0.4) is 0 Å². The van der Waals surface area contributed by atoms with Crippen LogP contribution in [0, 0.1) is 0 Å². The third kappa shape index (κ3) is 1.30. The molecule has 7 heavy (non-hydrogen) atoms. The van der Waals surface area contributed by atoms with Crippen LogP contribution in [0.25, 0.3) is 0 Å². The second kappa shape index (κ2) is 2.10. The van der Waals surface area contributed by atoms with Gasteiger partial charge in [0, 0.05) is 0 Å². The van der Waals surface area contributed by atoms with E-state index in [1.165, 1.54) is 12.7 Å². The summed E-state index contributed by atoms with van der Waals surface area (Å²) >= 11 is 2.80.